The molecule has 1 heterocycles. The Morgan fingerprint density at radius 1 is 1.53 bits per heavy atom. The number of nitrogens with two attached hydrogens (primary N) is 1. The summed E-state index contributed by atoms with van der Waals surface area (Å²) in [6.45, 7) is -0.203. The van der Waals surface area contributed by atoms with E-state index in [4.69, 9.17) is 10.8 Å². The summed E-state index contributed by atoms with van der Waals surface area (Å²) >= 11 is 1.70. The molecule has 0 saturated heterocycles. The first-order valence-electron chi connectivity index (χ1n) is 3.67. The van der Waals surface area contributed by atoms with Gasteiger partial charge in [0.25, 0.3) is 0 Å². The van der Waals surface area contributed by atoms with Crippen LogP contribution in [0.1, 0.15) is 5.56 Å². The smallest absolute Gasteiger partial charge is 0.503 e. The van der Waals surface area contributed by atoms with Gasteiger partial charge < -0.3 is 15.6 Å². The van der Waals surface area contributed by atoms with Gasteiger partial charge in [-0.2, -0.15) is 0 Å². The van der Waals surface area contributed by atoms with Crippen molar-refractivity contribution in [2.45, 2.75) is 12.9 Å². The Hall–Kier alpha value is -0.770. The molecule has 0 spiro atoms. The lowest BCUT2D eigenvalue weighted by molar-refractivity contribution is -0.275. The average Bonchev–Trinajstić information content (AvgIpc) is 2.10. The number of hydrogen-bond acceptors (Lipinski definition) is 4. The highest BCUT2D eigenvalue weighted by Crippen LogP contribution is 2.35. The zero-order valence-electron chi connectivity index (χ0n) is 7.18. The fraction of sp³-hybridized carbons (Fsp3) is 0.286. The van der Waals surface area contributed by atoms with Crippen LogP contribution in [0.15, 0.2) is 6.20 Å². The van der Waals surface area contributed by atoms with Crippen molar-refractivity contribution in [2.24, 2.45) is 5.73 Å². The minimum absolute atomic E-state index is 0.0212. The van der Waals surface area contributed by atoms with Gasteiger partial charge in [-0.15, -0.1) is 13.2 Å². The van der Waals surface area contributed by atoms with Crippen molar-refractivity contribution >= 4 is 22.6 Å². The fourth-order valence-corrected chi connectivity index (χ4v) is 1.51. The van der Waals surface area contributed by atoms with Crippen LogP contribution in [0.5, 0.6) is 11.5 Å². The van der Waals surface area contributed by atoms with Crippen molar-refractivity contribution < 1.29 is 23.0 Å². The summed E-state index contributed by atoms with van der Waals surface area (Å²) in [6.07, 6.45) is -3.99. The molecule has 1 rings (SSSR count). The van der Waals surface area contributed by atoms with Crippen LogP contribution in [-0.2, 0) is 6.54 Å². The van der Waals surface area contributed by atoms with Crippen molar-refractivity contribution in [3.63, 3.8) is 0 Å². The first-order chi connectivity index (χ1) is 6.85. The van der Waals surface area contributed by atoms with E-state index in [0.29, 0.717) is 0 Å². The van der Waals surface area contributed by atoms with Gasteiger partial charge in [0.15, 0.2) is 11.5 Å². The molecule has 1 aromatic heterocycles. The van der Waals surface area contributed by atoms with E-state index in [9.17, 15) is 13.2 Å². The van der Waals surface area contributed by atoms with Gasteiger partial charge in [-0.1, -0.05) is 0 Å². The van der Waals surface area contributed by atoms with Crippen LogP contribution in [-0.4, -0.2) is 16.5 Å². The zero-order valence-corrected chi connectivity index (χ0v) is 9.33. The van der Waals surface area contributed by atoms with E-state index >= 15 is 0 Å². The van der Waals surface area contributed by atoms with Crippen LogP contribution in [0.4, 0.5) is 13.2 Å². The van der Waals surface area contributed by atoms with Crippen molar-refractivity contribution in [1.29, 1.82) is 0 Å². The van der Waals surface area contributed by atoms with Crippen LogP contribution in [0.25, 0.3) is 0 Å². The summed E-state index contributed by atoms with van der Waals surface area (Å²) in [5.41, 5.74) is 5.26. The molecule has 4 nitrogen and oxygen atoms in total. The summed E-state index contributed by atoms with van der Waals surface area (Å²) in [5, 5.41) is 9.16. The Bertz CT molecular complexity index is 370. The average molecular weight is 334 g/mol. The lowest BCUT2D eigenvalue weighted by Crippen LogP contribution is -2.19. The molecule has 3 N–H and O–H groups in total. The maximum atomic E-state index is 12.0. The Morgan fingerprint density at radius 3 is 2.60 bits per heavy atom. The quantitative estimate of drug-likeness (QED) is 0.639. The number of aromatic hydroxyl groups is 1. The highest BCUT2D eigenvalue weighted by atomic mass is 127. The van der Waals surface area contributed by atoms with Gasteiger partial charge in [-0.05, 0) is 22.6 Å². The van der Waals surface area contributed by atoms with E-state index < -0.39 is 17.9 Å². The van der Waals surface area contributed by atoms with Crippen LogP contribution < -0.4 is 10.5 Å². The van der Waals surface area contributed by atoms with Gasteiger partial charge in [0.1, 0.15) is 3.70 Å². The third-order valence-electron chi connectivity index (χ3n) is 1.48. The monoisotopic (exact) mass is 334 g/mol. The molecule has 0 radical (unpaired) electrons. The van der Waals surface area contributed by atoms with Gasteiger partial charge >= 0.3 is 6.36 Å². The SMILES string of the molecule is NCc1c(I)ncc(O)c1OC(F)(F)F. The third kappa shape index (κ3) is 3.09. The summed E-state index contributed by atoms with van der Waals surface area (Å²) in [4.78, 5) is 3.65. The number of rotatable bonds is 2. The molecule has 0 saturated carbocycles. The summed E-state index contributed by atoms with van der Waals surface area (Å²) in [5.74, 6) is -1.38. The molecule has 0 aromatic carbocycles. The molecule has 0 amide bonds. The second kappa shape index (κ2) is 4.39. The number of ether oxygens (including phenoxy) is 1. The van der Waals surface area contributed by atoms with Gasteiger partial charge in [0.2, 0.25) is 0 Å². The standard InChI is InChI=1S/C7H6F3IN2O2/c8-7(9,10)15-5-3(1-12)6(11)13-2-4(5)14/h2,14H,1,12H2. The van der Waals surface area contributed by atoms with Gasteiger partial charge in [-0.25, -0.2) is 4.98 Å². The number of pyridine rings is 1. The van der Waals surface area contributed by atoms with Crippen molar-refractivity contribution in [3.8, 4) is 11.5 Å². The predicted octanol–water partition coefficient (Wildman–Crippen LogP) is 1.75. The topological polar surface area (TPSA) is 68.4 Å². The van der Waals surface area contributed by atoms with Crippen molar-refractivity contribution in [2.75, 3.05) is 0 Å². The molecular weight excluding hydrogens is 328 g/mol. The normalized spacial score (nSPS) is 11.5. The van der Waals surface area contributed by atoms with E-state index in [-0.39, 0.29) is 15.8 Å². The van der Waals surface area contributed by atoms with Gasteiger partial charge in [0, 0.05) is 12.1 Å². The van der Waals surface area contributed by atoms with E-state index in [0.717, 1.165) is 6.20 Å². The highest BCUT2D eigenvalue weighted by Gasteiger charge is 2.34. The molecule has 0 bridgehead atoms. The second-order valence-electron chi connectivity index (χ2n) is 2.49. The van der Waals surface area contributed by atoms with Crippen LogP contribution in [0, 0.1) is 3.70 Å². The first kappa shape index (κ1) is 12.3. The maximum absolute atomic E-state index is 12.0. The maximum Gasteiger partial charge on any atom is 0.573 e. The Labute approximate surface area is 96.4 Å². The van der Waals surface area contributed by atoms with Crippen LogP contribution >= 0.6 is 22.6 Å². The van der Waals surface area contributed by atoms with E-state index in [2.05, 4.69) is 9.72 Å². The van der Waals surface area contributed by atoms with Crippen LogP contribution in [0.3, 0.4) is 0 Å². The lowest BCUT2D eigenvalue weighted by Gasteiger charge is -2.14. The molecule has 1 aromatic rings. The number of aromatic nitrogens is 1. The van der Waals surface area contributed by atoms with Crippen LogP contribution in [0.2, 0.25) is 0 Å². The number of hydrogen-bond donors (Lipinski definition) is 2. The van der Waals surface area contributed by atoms with E-state index in [1.165, 1.54) is 0 Å². The molecular formula is C7H6F3IN2O2. The lowest BCUT2D eigenvalue weighted by atomic mass is 10.2. The molecule has 0 unspecified atom stereocenters. The summed E-state index contributed by atoms with van der Waals surface area (Å²) in [7, 11) is 0. The molecule has 0 fully saturated rings. The Balaban J connectivity index is 3.20. The Kier molecular flexibility index (Phi) is 3.60. The van der Waals surface area contributed by atoms with Gasteiger partial charge in [0.05, 0.1) is 6.20 Å². The second-order valence-corrected chi connectivity index (χ2v) is 3.52. The molecule has 0 atom stereocenters. The number of halogens is 4. The number of nitrogens with zero attached hydrogens (tertiary/aromatic N) is 1. The third-order valence-corrected chi connectivity index (χ3v) is 2.41. The van der Waals surface area contributed by atoms with Gasteiger partial charge in [-0.3, -0.25) is 0 Å². The minimum Gasteiger partial charge on any atom is -0.503 e. The predicted molar refractivity (Wildman–Crippen MR) is 53.2 cm³/mol. The molecule has 84 valence electrons. The molecule has 0 aliphatic rings. The molecule has 0 aliphatic heterocycles. The molecule has 0 aliphatic carbocycles. The highest BCUT2D eigenvalue weighted by molar-refractivity contribution is 14.1. The van der Waals surface area contributed by atoms with E-state index in [1.807, 2.05) is 0 Å². The van der Waals surface area contributed by atoms with Crippen molar-refractivity contribution in [1.82, 2.24) is 4.98 Å². The summed E-state index contributed by atoms with van der Waals surface area (Å²) in [6, 6.07) is 0. The largest absolute Gasteiger partial charge is 0.573 e. The van der Waals surface area contributed by atoms with E-state index in [1.54, 1.807) is 22.6 Å². The number of alkyl halides is 3. The fourth-order valence-electron chi connectivity index (χ4n) is 0.909. The first-order valence-corrected chi connectivity index (χ1v) is 4.75. The van der Waals surface area contributed by atoms with Crippen molar-refractivity contribution in [3.05, 3.63) is 15.5 Å². The molecule has 8 heteroatoms. The zero-order chi connectivity index (χ0) is 11.6. The minimum atomic E-state index is -4.87. The summed E-state index contributed by atoms with van der Waals surface area (Å²) < 4.78 is 39.8. The Morgan fingerprint density at radius 2 is 2.13 bits per heavy atom. The molecule has 15 heavy (non-hydrogen) atoms.